The summed E-state index contributed by atoms with van der Waals surface area (Å²) in [5, 5.41) is 4.85. The Labute approximate surface area is 101 Å². The Morgan fingerprint density at radius 3 is 2.71 bits per heavy atom. The maximum atomic E-state index is 11.9. The van der Waals surface area contributed by atoms with E-state index in [0.717, 1.165) is 5.69 Å². The number of hydrogen-bond donors (Lipinski definition) is 1. The van der Waals surface area contributed by atoms with Crippen molar-refractivity contribution in [1.82, 2.24) is 9.72 Å². The summed E-state index contributed by atoms with van der Waals surface area (Å²) < 4.78 is 6.06. The average molecular weight is 253 g/mol. The second-order valence-electron chi connectivity index (χ2n) is 3.58. The maximum Gasteiger partial charge on any atom is 0.370 e. The molecule has 0 aliphatic rings. The average Bonchev–Trinajstić information content (AvgIpc) is 2.73. The highest BCUT2D eigenvalue weighted by molar-refractivity contribution is 7.13. The monoisotopic (exact) mass is 253 g/mol. The van der Waals surface area contributed by atoms with Crippen LogP contribution in [0.5, 0.6) is 0 Å². The topological polar surface area (TPSA) is 77.1 Å². The lowest BCUT2D eigenvalue weighted by molar-refractivity contribution is 0.102. The molecule has 0 saturated heterocycles. The first-order chi connectivity index (χ1) is 7.99. The van der Waals surface area contributed by atoms with Gasteiger partial charge in [0.15, 0.2) is 5.13 Å². The number of carbonyl (C=O) groups is 1. The van der Waals surface area contributed by atoms with Crippen molar-refractivity contribution in [3.05, 3.63) is 32.8 Å². The molecule has 0 fully saturated rings. The van der Waals surface area contributed by atoms with E-state index in [1.54, 1.807) is 14.0 Å². The van der Waals surface area contributed by atoms with E-state index in [9.17, 15) is 9.59 Å². The van der Waals surface area contributed by atoms with Crippen molar-refractivity contribution in [3.63, 3.8) is 0 Å². The Kier molecular flexibility index (Phi) is 2.84. The summed E-state index contributed by atoms with van der Waals surface area (Å²) in [6.07, 6.45) is 0. The van der Waals surface area contributed by atoms with Crippen molar-refractivity contribution >= 4 is 22.4 Å². The van der Waals surface area contributed by atoms with Gasteiger partial charge < -0.3 is 4.52 Å². The molecular weight excluding hydrogens is 242 g/mol. The number of nitrogens with one attached hydrogen (secondary N) is 1. The normalized spacial score (nSPS) is 10.5. The zero-order valence-electron chi connectivity index (χ0n) is 9.60. The summed E-state index contributed by atoms with van der Waals surface area (Å²) >= 11 is 1.31. The second-order valence-corrected chi connectivity index (χ2v) is 4.44. The lowest BCUT2D eigenvalue weighted by Gasteiger charge is -1.98. The van der Waals surface area contributed by atoms with Crippen molar-refractivity contribution < 1.29 is 9.32 Å². The van der Waals surface area contributed by atoms with Gasteiger partial charge in [0, 0.05) is 12.4 Å². The molecule has 0 saturated carbocycles. The van der Waals surface area contributed by atoms with Gasteiger partial charge in [-0.15, -0.1) is 11.3 Å². The third-order valence-electron chi connectivity index (χ3n) is 2.32. The van der Waals surface area contributed by atoms with Gasteiger partial charge in [0.1, 0.15) is 5.56 Å². The van der Waals surface area contributed by atoms with Gasteiger partial charge in [-0.2, -0.15) is 0 Å². The van der Waals surface area contributed by atoms with Gasteiger partial charge in [0.25, 0.3) is 5.91 Å². The van der Waals surface area contributed by atoms with Crippen LogP contribution in [0.25, 0.3) is 0 Å². The first kappa shape index (κ1) is 11.6. The molecule has 0 radical (unpaired) electrons. The molecule has 2 aromatic heterocycles. The molecule has 0 aliphatic heterocycles. The van der Waals surface area contributed by atoms with Gasteiger partial charge in [0.05, 0.1) is 11.4 Å². The number of aromatic nitrogens is 2. The largest absolute Gasteiger partial charge is 0.370 e. The minimum atomic E-state index is -0.643. The Morgan fingerprint density at radius 1 is 1.53 bits per heavy atom. The molecule has 1 amide bonds. The van der Waals surface area contributed by atoms with Crippen LogP contribution in [0.3, 0.4) is 0 Å². The minimum absolute atomic E-state index is 0.0142. The highest BCUT2D eigenvalue weighted by Crippen LogP contribution is 2.15. The molecule has 17 heavy (non-hydrogen) atoms. The van der Waals surface area contributed by atoms with Crippen LogP contribution in [0.15, 0.2) is 14.7 Å². The van der Waals surface area contributed by atoms with Crippen LogP contribution in [-0.2, 0) is 7.05 Å². The summed E-state index contributed by atoms with van der Waals surface area (Å²) in [5.74, 6) is -0.494. The van der Waals surface area contributed by atoms with Crippen LogP contribution >= 0.6 is 11.3 Å². The highest BCUT2D eigenvalue weighted by atomic mass is 32.1. The molecule has 0 aliphatic carbocycles. The molecule has 0 bridgehead atoms. The maximum absolute atomic E-state index is 11.9. The zero-order valence-corrected chi connectivity index (χ0v) is 10.4. The SMILES string of the molecule is Cc1csc(NC(=O)c2c(C)n(C)oc2=O)n1. The summed E-state index contributed by atoms with van der Waals surface area (Å²) in [6.45, 7) is 3.47. The number of nitrogens with zero attached hydrogens (tertiary/aromatic N) is 2. The Hall–Kier alpha value is -1.89. The molecule has 6 nitrogen and oxygen atoms in total. The fourth-order valence-corrected chi connectivity index (χ4v) is 2.05. The summed E-state index contributed by atoms with van der Waals surface area (Å²) in [7, 11) is 1.57. The number of amides is 1. The van der Waals surface area contributed by atoms with Crippen LogP contribution < -0.4 is 10.9 Å². The van der Waals surface area contributed by atoms with Crippen molar-refractivity contribution in [2.75, 3.05) is 5.32 Å². The second kappa shape index (κ2) is 4.17. The number of carbonyl (C=O) groups excluding carboxylic acids is 1. The zero-order chi connectivity index (χ0) is 12.6. The number of anilines is 1. The molecule has 0 aromatic carbocycles. The van der Waals surface area contributed by atoms with E-state index in [0.29, 0.717) is 10.8 Å². The molecular formula is C10H11N3O3S. The third-order valence-corrected chi connectivity index (χ3v) is 3.20. The highest BCUT2D eigenvalue weighted by Gasteiger charge is 2.20. The van der Waals surface area contributed by atoms with E-state index in [4.69, 9.17) is 4.52 Å². The Balaban J connectivity index is 2.29. The van der Waals surface area contributed by atoms with Crippen molar-refractivity contribution in [3.8, 4) is 0 Å². The van der Waals surface area contributed by atoms with Crippen LogP contribution in [0.4, 0.5) is 5.13 Å². The van der Waals surface area contributed by atoms with Crippen LogP contribution in [0.2, 0.25) is 0 Å². The summed E-state index contributed by atoms with van der Waals surface area (Å²) in [4.78, 5) is 27.4. The number of hydrogen-bond acceptors (Lipinski definition) is 5. The van der Waals surface area contributed by atoms with Crippen molar-refractivity contribution in [1.29, 1.82) is 0 Å². The van der Waals surface area contributed by atoms with Crippen molar-refractivity contribution in [2.45, 2.75) is 13.8 Å². The van der Waals surface area contributed by atoms with E-state index in [1.807, 2.05) is 12.3 Å². The number of aryl methyl sites for hydroxylation is 2. The van der Waals surface area contributed by atoms with Gasteiger partial charge in [-0.3, -0.25) is 10.1 Å². The van der Waals surface area contributed by atoms with Gasteiger partial charge in [-0.25, -0.2) is 14.5 Å². The molecule has 1 N–H and O–H groups in total. The van der Waals surface area contributed by atoms with Gasteiger partial charge >= 0.3 is 5.63 Å². The molecule has 0 spiro atoms. The standard InChI is InChI=1S/C10H11N3O3S/c1-5-4-17-10(11-5)12-8(14)7-6(2)13(3)16-9(7)15/h4H,1-3H3,(H,11,12,14). The predicted octanol–water partition coefficient (Wildman–Crippen LogP) is 1.30. The Bertz CT molecular complexity index is 623. The quantitative estimate of drug-likeness (QED) is 0.875. The lowest BCUT2D eigenvalue weighted by atomic mass is 10.2. The molecule has 2 rings (SSSR count). The first-order valence-corrected chi connectivity index (χ1v) is 5.77. The molecule has 7 heteroatoms. The lowest BCUT2D eigenvalue weighted by Crippen LogP contribution is -2.19. The smallest absolute Gasteiger partial charge is 0.336 e. The molecule has 2 aromatic rings. The fourth-order valence-electron chi connectivity index (χ4n) is 1.37. The fraction of sp³-hybridized carbons (Fsp3) is 0.300. The van der Waals surface area contributed by atoms with Gasteiger partial charge in [-0.05, 0) is 13.8 Å². The molecule has 2 heterocycles. The Morgan fingerprint density at radius 2 is 2.24 bits per heavy atom. The van der Waals surface area contributed by atoms with E-state index < -0.39 is 11.5 Å². The van der Waals surface area contributed by atoms with Gasteiger partial charge in [-0.1, -0.05) is 0 Å². The van der Waals surface area contributed by atoms with Crippen LogP contribution in [0.1, 0.15) is 21.7 Å². The van der Waals surface area contributed by atoms with Crippen molar-refractivity contribution in [2.24, 2.45) is 7.05 Å². The third kappa shape index (κ3) is 2.14. The van der Waals surface area contributed by atoms with Gasteiger partial charge in [0.2, 0.25) is 0 Å². The van der Waals surface area contributed by atoms with E-state index in [-0.39, 0.29) is 5.56 Å². The van der Waals surface area contributed by atoms with E-state index in [1.165, 1.54) is 16.1 Å². The predicted molar refractivity (Wildman–Crippen MR) is 63.5 cm³/mol. The molecule has 90 valence electrons. The summed E-state index contributed by atoms with van der Waals surface area (Å²) in [6, 6.07) is 0. The molecule has 0 atom stereocenters. The van der Waals surface area contributed by atoms with Crippen LogP contribution in [0, 0.1) is 13.8 Å². The molecule has 0 unspecified atom stereocenters. The van der Waals surface area contributed by atoms with Crippen LogP contribution in [-0.4, -0.2) is 15.6 Å². The van der Waals surface area contributed by atoms with E-state index in [2.05, 4.69) is 10.3 Å². The van der Waals surface area contributed by atoms with E-state index >= 15 is 0 Å². The number of rotatable bonds is 2. The summed E-state index contributed by atoms with van der Waals surface area (Å²) in [5.41, 5.74) is 0.680. The number of thiazole rings is 1. The minimum Gasteiger partial charge on any atom is -0.336 e. The first-order valence-electron chi connectivity index (χ1n) is 4.89.